The van der Waals surface area contributed by atoms with Crippen LogP contribution < -0.4 is 4.74 Å². The molecule has 2 aromatic rings. The molecule has 0 N–H and O–H groups in total. The molecule has 0 fully saturated rings. The molecular formula is C11H8BrFO2. The molecule has 0 aliphatic heterocycles. The number of furan rings is 1. The van der Waals surface area contributed by atoms with Crippen LogP contribution in [0.4, 0.5) is 4.39 Å². The lowest BCUT2D eigenvalue weighted by molar-refractivity contribution is 0.411. The maximum Gasteiger partial charge on any atom is 0.144 e. The minimum atomic E-state index is -0.339. The van der Waals surface area contributed by atoms with Gasteiger partial charge in [-0.2, -0.15) is 0 Å². The highest BCUT2D eigenvalue weighted by molar-refractivity contribution is 9.10. The summed E-state index contributed by atoms with van der Waals surface area (Å²) in [5.74, 6) is 0.799. The molecule has 78 valence electrons. The van der Waals surface area contributed by atoms with E-state index < -0.39 is 0 Å². The van der Waals surface area contributed by atoms with Gasteiger partial charge in [0.25, 0.3) is 0 Å². The summed E-state index contributed by atoms with van der Waals surface area (Å²) in [5, 5.41) is 0. The van der Waals surface area contributed by atoms with Crippen molar-refractivity contribution in [2.24, 2.45) is 0 Å². The highest BCUT2D eigenvalue weighted by atomic mass is 79.9. The molecule has 0 atom stereocenters. The number of rotatable bonds is 2. The summed E-state index contributed by atoms with van der Waals surface area (Å²) in [6.45, 7) is 0. The number of hydrogen-bond donors (Lipinski definition) is 0. The van der Waals surface area contributed by atoms with Crippen molar-refractivity contribution in [3.8, 4) is 17.1 Å². The second-order valence-electron chi connectivity index (χ2n) is 2.95. The summed E-state index contributed by atoms with van der Waals surface area (Å²) >= 11 is 3.24. The molecule has 2 nitrogen and oxygen atoms in total. The zero-order valence-corrected chi connectivity index (χ0v) is 9.55. The maximum absolute atomic E-state index is 13.2. The minimum absolute atomic E-state index is 0.339. The molecule has 0 unspecified atom stereocenters. The Hall–Kier alpha value is -1.29. The quantitative estimate of drug-likeness (QED) is 0.827. The van der Waals surface area contributed by atoms with Crippen LogP contribution >= 0.6 is 15.9 Å². The van der Waals surface area contributed by atoms with E-state index in [0.717, 1.165) is 0 Å². The first-order chi connectivity index (χ1) is 7.22. The molecule has 0 amide bonds. The van der Waals surface area contributed by atoms with E-state index in [9.17, 15) is 4.39 Å². The van der Waals surface area contributed by atoms with Crippen LogP contribution in [0.25, 0.3) is 11.3 Å². The molecule has 0 aliphatic rings. The first kappa shape index (κ1) is 10.2. The predicted molar refractivity (Wildman–Crippen MR) is 58.4 cm³/mol. The SMILES string of the molecule is COc1c(Br)cc(F)cc1-c1ccco1. The fraction of sp³-hybridized carbons (Fsp3) is 0.0909. The van der Waals surface area contributed by atoms with Gasteiger partial charge in [0.2, 0.25) is 0 Å². The van der Waals surface area contributed by atoms with Gasteiger partial charge < -0.3 is 9.15 Å². The molecule has 0 spiro atoms. The number of benzene rings is 1. The van der Waals surface area contributed by atoms with E-state index in [4.69, 9.17) is 9.15 Å². The van der Waals surface area contributed by atoms with E-state index in [2.05, 4.69) is 15.9 Å². The monoisotopic (exact) mass is 270 g/mol. The second-order valence-corrected chi connectivity index (χ2v) is 3.80. The van der Waals surface area contributed by atoms with Gasteiger partial charge in [-0.15, -0.1) is 0 Å². The molecule has 2 rings (SSSR count). The van der Waals surface area contributed by atoms with Gasteiger partial charge in [-0.25, -0.2) is 4.39 Å². The topological polar surface area (TPSA) is 22.4 Å². The second kappa shape index (κ2) is 4.06. The fourth-order valence-corrected chi connectivity index (χ4v) is 1.98. The molecule has 1 aromatic heterocycles. The van der Waals surface area contributed by atoms with Gasteiger partial charge in [-0.05, 0) is 40.2 Å². The molecule has 0 bridgehead atoms. The minimum Gasteiger partial charge on any atom is -0.495 e. The van der Waals surface area contributed by atoms with E-state index in [1.54, 1.807) is 12.1 Å². The van der Waals surface area contributed by atoms with Gasteiger partial charge in [0.15, 0.2) is 0 Å². The lowest BCUT2D eigenvalue weighted by Crippen LogP contribution is -1.90. The fourth-order valence-electron chi connectivity index (χ4n) is 1.38. The number of halogens is 2. The lowest BCUT2D eigenvalue weighted by atomic mass is 10.1. The highest BCUT2D eigenvalue weighted by Gasteiger charge is 2.13. The van der Waals surface area contributed by atoms with Gasteiger partial charge in [-0.3, -0.25) is 0 Å². The molecule has 0 aliphatic carbocycles. The number of methoxy groups -OCH3 is 1. The van der Waals surface area contributed by atoms with E-state index >= 15 is 0 Å². The van der Waals surface area contributed by atoms with Crippen molar-refractivity contribution in [1.82, 2.24) is 0 Å². The van der Waals surface area contributed by atoms with E-state index in [1.807, 2.05) is 0 Å². The van der Waals surface area contributed by atoms with Gasteiger partial charge in [-0.1, -0.05) is 0 Å². The third kappa shape index (κ3) is 1.90. The normalized spacial score (nSPS) is 10.3. The Labute approximate surface area is 94.8 Å². The van der Waals surface area contributed by atoms with Crippen molar-refractivity contribution in [2.45, 2.75) is 0 Å². The van der Waals surface area contributed by atoms with Crippen LogP contribution in [0.5, 0.6) is 5.75 Å². The first-order valence-corrected chi connectivity index (χ1v) is 5.08. The van der Waals surface area contributed by atoms with Crippen molar-refractivity contribution in [2.75, 3.05) is 7.11 Å². The van der Waals surface area contributed by atoms with Crippen molar-refractivity contribution in [1.29, 1.82) is 0 Å². The summed E-state index contributed by atoms with van der Waals surface area (Å²) in [5.41, 5.74) is 0.592. The van der Waals surface area contributed by atoms with Gasteiger partial charge in [0.05, 0.1) is 23.4 Å². The summed E-state index contributed by atoms with van der Waals surface area (Å²) < 4.78 is 24.2. The average Bonchev–Trinajstić information content (AvgIpc) is 2.69. The Morgan fingerprint density at radius 2 is 2.20 bits per heavy atom. The van der Waals surface area contributed by atoms with E-state index in [-0.39, 0.29) is 5.82 Å². The van der Waals surface area contributed by atoms with Crippen molar-refractivity contribution >= 4 is 15.9 Å². The van der Waals surface area contributed by atoms with Crippen LogP contribution in [0.15, 0.2) is 39.4 Å². The molecule has 1 heterocycles. The van der Waals surface area contributed by atoms with Crippen molar-refractivity contribution in [3.05, 3.63) is 40.8 Å². The average molecular weight is 271 g/mol. The summed E-state index contributed by atoms with van der Waals surface area (Å²) in [4.78, 5) is 0. The zero-order chi connectivity index (χ0) is 10.8. The summed E-state index contributed by atoms with van der Waals surface area (Å²) in [6.07, 6.45) is 1.54. The van der Waals surface area contributed by atoms with Gasteiger partial charge in [0.1, 0.15) is 17.3 Å². The van der Waals surface area contributed by atoms with E-state index in [1.165, 1.54) is 25.5 Å². The van der Waals surface area contributed by atoms with Crippen LogP contribution in [-0.2, 0) is 0 Å². The summed E-state index contributed by atoms with van der Waals surface area (Å²) in [6, 6.07) is 6.23. The number of hydrogen-bond acceptors (Lipinski definition) is 2. The standard InChI is InChI=1S/C11H8BrFO2/c1-14-11-8(10-3-2-4-15-10)5-7(13)6-9(11)12/h2-6H,1H3. The maximum atomic E-state index is 13.2. The molecule has 1 aromatic carbocycles. The van der Waals surface area contributed by atoms with Crippen LogP contribution in [0.3, 0.4) is 0 Å². The van der Waals surface area contributed by atoms with Crippen LogP contribution in [0.2, 0.25) is 0 Å². The molecule has 0 saturated heterocycles. The van der Waals surface area contributed by atoms with Crippen LogP contribution in [-0.4, -0.2) is 7.11 Å². The first-order valence-electron chi connectivity index (χ1n) is 4.29. The van der Waals surface area contributed by atoms with E-state index in [0.29, 0.717) is 21.5 Å². The van der Waals surface area contributed by atoms with Gasteiger partial charge in [0, 0.05) is 0 Å². The Morgan fingerprint density at radius 1 is 1.40 bits per heavy atom. The predicted octanol–water partition coefficient (Wildman–Crippen LogP) is 3.86. The summed E-state index contributed by atoms with van der Waals surface area (Å²) in [7, 11) is 1.53. The molecule has 4 heteroatoms. The Balaban J connectivity index is 2.64. The lowest BCUT2D eigenvalue weighted by Gasteiger charge is -2.08. The zero-order valence-electron chi connectivity index (χ0n) is 7.96. The highest BCUT2D eigenvalue weighted by Crippen LogP contribution is 2.37. The van der Waals surface area contributed by atoms with Crippen molar-refractivity contribution < 1.29 is 13.5 Å². The molecule has 0 radical (unpaired) electrons. The largest absolute Gasteiger partial charge is 0.495 e. The molecule has 15 heavy (non-hydrogen) atoms. The smallest absolute Gasteiger partial charge is 0.144 e. The Morgan fingerprint density at radius 3 is 2.80 bits per heavy atom. The number of ether oxygens (including phenoxy) is 1. The van der Waals surface area contributed by atoms with Crippen LogP contribution in [0, 0.1) is 5.82 Å². The van der Waals surface area contributed by atoms with Crippen molar-refractivity contribution in [3.63, 3.8) is 0 Å². The Bertz CT molecular complexity index is 466. The Kier molecular flexibility index (Phi) is 2.77. The third-order valence-corrected chi connectivity index (χ3v) is 2.59. The van der Waals surface area contributed by atoms with Crippen LogP contribution in [0.1, 0.15) is 0 Å². The molecular weight excluding hydrogens is 263 g/mol. The molecule has 0 saturated carbocycles. The van der Waals surface area contributed by atoms with Gasteiger partial charge >= 0.3 is 0 Å². The third-order valence-electron chi connectivity index (χ3n) is 2.00.